The topological polar surface area (TPSA) is 12.0 Å². The van der Waals surface area contributed by atoms with E-state index in [9.17, 15) is 0 Å². The predicted octanol–water partition coefficient (Wildman–Crippen LogP) is 2.04. The van der Waals surface area contributed by atoms with Gasteiger partial charge in [0.15, 0.2) is 0 Å². The largest absolute Gasteiger partial charge is 0.314 e. The van der Waals surface area contributed by atoms with Crippen molar-refractivity contribution >= 4 is 11.3 Å². The van der Waals surface area contributed by atoms with Crippen LogP contribution in [0.15, 0.2) is 16.8 Å². The molecule has 0 aliphatic carbocycles. The van der Waals surface area contributed by atoms with Gasteiger partial charge in [-0.3, -0.25) is 0 Å². The number of rotatable bonds is 3. The van der Waals surface area contributed by atoms with Gasteiger partial charge in [-0.15, -0.1) is 0 Å². The molecule has 0 spiro atoms. The van der Waals surface area contributed by atoms with Crippen molar-refractivity contribution in [3.8, 4) is 0 Å². The molecule has 1 aliphatic rings. The molecule has 1 saturated heterocycles. The summed E-state index contributed by atoms with van der Waals surface area (Å²) in [4.78, 5) is 0. The van der Waals surface area contributed by atoms with Gasteiger partial charge in [0, 0.05) is 6.04 Å². The molecule has 0 radical (unpaired) electrons. The van der Waals surface area contributed by atoms with Crippen LogP contribution in [0.25, 0.3) is 0 Å². The first-order valence-corrected chi connectivity index (χ1v) is 5.14. The molecule has 2 rings (SSSR count). The van der Waals surface area contributed by atoms with Gasteiger partial charge in [0.25, 0.3) is 0 Å². The highest BCUT2D eigenvalue weighted by Crippen LogP contribution is 2.13. The fourth-order valence-electron chi connectivity index (χ4n) is 1.37. The molecule has 1 aromatic heterocycles. The van der Waals surface area contributed by atoms with E-state index in [1.165, 1.54) is 31.4 Å². The summed E-state index contributed by atoms with van der Waals surface area (Å²) >= 11 is 1.80. The molecule has 1 fully saturated rings. The molecule has 0 saturated carbocycles. The van der Waals surface area contributed by atoms with Crippen LogP contribution in [-0.2, 0) is 6.42 Å². The van der Waals surface area contributed by atoms with Gasteiger partial charge in [-0.05, 0) is 48.2 Å². The Hall–Kier alpha value is -0.340. The van der Waals surface area contributed by atoms with Crippen molar-refractivity contribution in [3.63, 3.8) is 0 Å². The molecule has 11 heavy (non-hydrogen) atoms. The van der Waals surface area contributed by atoms with Crippen LogP contribution in [0.2, 0.25) is 0 Å². The summed E-state index contributed by atoms with van der Waals surface area (Å²) in [7, 11) is 0. The van der Waals surface area contributed by atoms with E-state index in [4.69, 9.17) is 0 Å². The van der Waals surface area contributed by atoms with Crippen molar-refractivity contribution in [1.82, 2.24) is 5.32 Å². The second-order valence-corrected chi connectivity index (χ2v) is 3.89. The minimum absolute atomic E-state index is 0.815. The third-order valence-corrected chi connectivity index (χ3v) is 3.02. The maximum Gasteiger partial charge on any atom is 0.00823 e. The van der Waals surface area contributed by atoms with Crippen molar-refractivity contribution < 1.29 is 0 Å². The summed E-state index contributed by atoms with van der Waals surface area (Å²) in [6.45, 7) is 1.23. The van der Waals surface area contributed by atoms with E-state index in [2.05, 4.69) is 22.1 Å². The van der Waals surface area contributed by atoms with E-state index < -0.39 is 0 Å². The zero-order valence-electron chi connectivity index (χ0n) is 6.55. The Bertz CT molecular complexity index is 201. The number of hydrogen-bond donors (Lipinski definition) is 1. The molecule has 0 aromatic carbocycles. The molecule has 0 amide bonds. The van der Waals surface area contributed by atoms with Crippen molar-refractivity contribution in [2.45, 2.75) is 25.3 Å². The van der Waals surface area contributed by atoms with Gasteiger partial charge in [-0.25, -0.2) is 0 Å². The average Bonchev–Trinajstić information content (AvgIpc) is 2.36. The summed E-state index contributed by atoms with van der Waals surface area (Å²) in [5.41, 5.74) is 1.50. The van der Waals surface area contributed by atoms with Crippen molar-refractivity contribution in [2.24, 2.45) is 0 Å². The fraction of sp³-hybridized carbons (Fsp3) is 0.556. The van der Waals surface area contributed by atoms with Crippen LogP contribution in [0.1, 0.15) is 18.4 Å². The molecule has 2 heterocycles. The Balaban J connectivity index is 1.74. The average molecular weight is 167 g/mol. The first kappa shape index (κ1) is 7.32. The maximum atomic E-state index is 3.41. The molecule has 1 aliphatic heterocycles. The Kier molecular flexibility index (Phi) is 2.24. The van der Waals surface area contributed by atoms with Crippen LogP contribution in [0, 0.1) is 0 Å². The molecule has 1 nitrogen and oxygen atoms in total. The SMILES string of the molecule is c1cc(CCC2CCN2)cs1. The molecular weight excluding hydrogens is 154 g/mol. The molecule has 1 atom stereocenters. The molecule has 60 valence electrons. The van der Waals surface area contributed by atoms with Gasteiger partial charge < -0.3 is 5.32 Å². The van der Waals surface area contributed by atoms with Crippen LogP contribution in [0.3, 0.4) is 0 Å². The fourth-order valence-corrected chi connectivity index (χ4v) is 2.07. The van der Waals surface area contributed by atoms with Gasteiger partial charge >= 0.3 is 0 Å². The Labute approximate surface area is 71.4 Å². The van der Waals surface area contributed by atoms with Crippen LogP contribution < -0.4 is 5.32 Å². The summed E-state index contributed by atoms with van der Waals surface area (Å²) in [6, 6.07) is 3.04. The van der Waals surface area contributed by atoms with Gasteiger partial charge in [-0.2, -0.15) is 11.3 Å². The van der Waals surface area contributed by atoms with Gasteiger partial charge in [-0.1, -0.05) is 0 Å². The normalized spacial score (nSPS) is 23.1. The highest BCUT2D eigenvalue weighted by atomic mass is 32.1. The van der Waals surface area contributed by atoms with Crippen molar-refractivity contribution in [2.75, 3.05) is 6.54 Å². The van der Waals surface area contributed by atoms with Gasteiger partial charge in [0.1, 0.15) is 0 Å². The Morgan fingerprint density at radius 3 is 3.09 bits per heavy atom. The smallest absolute Gasteiger partial charge is 0.00823 e. The molecular formula is C9H13NS. The van der Waals surface area contributed by atoms with E-state index in [0.717, 1.165) is 6.04 Å². The van der Waals surface area contributed by atoms with Crippen molar-refractivity contribution in [1.29, 1.82) is 0 Å². The van der Waals surface area contributed by atoms with E-state index in [-0.39, 0.29) is 0 Å². The van der Waals surface area contributed by atoms with Gasteiger partial charge in [0.05, 0.1) is 0 Å². The first-order valence-electron chi connectivity index (χ1n) is 4.19. The number of nitrogens with one attached hydrogen (secondary N) is 1. The molecule has 1 aromatic rings. The zero-order valence-corrected chi connectivity index (χ0v) is 7.36. The lowest BCUT2D eigenvalue weighted by molar-refractivity contribution is 0.351. The molecule has 1 N–H and O–H groups in total. The summed E-state index contributed by atoms with van der Waals surface area (Å²) < 4.78 is 0. The third kappa shape index (κ3) is 1.82. The summed E-state index contributed by atoms with van der Waals surface area (Å²) in [6.07, 6.45) is 3.95. The molecule has 1 unspecified atom stereocenters. The Morgan fingerprint density at radius 1 is 1.64 bits per heavy atom. The second-order valence-electron chi connectivity index (χ2n) is 3.11. The van der Waals surface area contributed by atoms with E-state index >= 15 is 0 Å². The standard InChI is InChI=1S/C9H13NS/c1(2-9-3-5-10-9)8-4-6-11-7-8/h4,6-7,9-10H,1-3,5H2. The highest BCUT2D eigenvalue weighted by Gasteiger charge is 2.15. The monoisotopic (exact) mass is 167 g/mol. The van der Waals surface area contributed by atoms with E-state index in [1.807, 2.05) is 0 Å². The predicted molar refractivity (Wildman–Crippen MR) is 49.0 cm³/mol. The number of aryl methyl sites for hydroxylation is 1. The highest BCUT2D eigenvalue weighted by molar-refractivity contribution is 7.07. The van der Waals surface area contributed by atoms with Crippen molar-refractivity contribution in [3.05, 3.63) is 22.4 Å². The second kappa shape index (κ2) is 3.37. The lowest BCUT2D eigenvalue weighted by Gasteiger charge is -2.27. The van der Waals surface area contributed by atoms with E-state index in [1.54, 1.807) is 11.3 Å². The van der Waals surface area contributed by atoms with Crippen LogP contribution >= 0.6 is 11.3 Å². The number of hydrogen-bond acceptors (Lipinski definition) is 2. The molecule has 2 heteroatoms. The lowest BCUT2D eigenvalue weighted by Crippen LogP contribution is -2.42. The molecule has 0 bridgehead atoms. The quantitative estimate of drug-likeness (QED) is 0.726. The maximum absolute atomic E-state index is 3.41. The van der Waals surface area contributed by atoms with Crippen LogP contribution in [-0.4, -0.2) is 12.6 Å². The summed E-state index contributed by atoms with van der Waals surface area (Å²) in [5, 5.41) is 7.82. The third-order valence-electron chi connectivity index (χ3n) is 2.29. The van der Waals surface area contributed by atoms with Crippen LogP contribution in [0.5, 0.6) is 0 Å². The number of thiophene rings is 1. The zero-order chi connectivity index (χ0) is 7.52. The van der Waals surface area contributed by atoms with Gasteiger partial charge in [0.2, 0.25) is 0 Å². The summed E-state index contributed by atoms with van der Waals surface area (Å²) in [5.74, 6) is 0. The van der Waals surface area contributed by atoms with Crippen LogP contribution in [0.4, 0.5) is 0 Å². The first-order chi connectivity index (χ1) is 5.45. The minimum atomic E-state index is 0.815. The Morgan fingerprint density at radius 2 is 2.55 bits per heavy atom. The van der Waals surface area contributed by atoms with E-state index in [0.29, 0.717) is 0 Å². The lowest BCUT2D eigenvalue weighted by atomic mass is 10.00. The minimum Gasteiger partial charge on any atom is -0.314 e.